The Morgan fingerprint density at radius 2 is 1.92 bits per heavy atom. The van der Waals surface area contributed by atoms with Crippen molar-refractivity contribution in [1.82, 2.24) is 9.62 Å². The molecule has 0 unspecified atom stereocenters. The number of carbonyl (C=O) groups excluding carboxylic acids is 1. The molecule has 1 aliphatic heterocycles. The third-order valence-corrected chi connectivity index (χ3v) is 5.95. The number of hydrogen-bond donors (Lipinski definition) is 2. The van der Waals surface area contributed by atoms with E-state index in [1.54, 1.807) is 12.1 Å². The van der Waals surface area contributed by atoms with Gasteiger partial charge in [-0.1, -0.05) is 0 Å². The van der Waals surface area contributed by atoms with Crippen LogP contribution in [0.1, 0.15) is 0 Å². The van der Waals surface area contributed by atoms with Crippen molar-refractivity contribution in [1.29, 1.82) is 0 Å². The quantitative estimate of drug-likeness (QED) is 0.571. The summed E-state index contributed by atoms with van der Waals surface area (Å²) < 4.78 is 36.3. The number of morpholine rings is 1. The van der Waals surface area contributed by atoms with E-state index in [9.17, 15) is 13.2 Å². The van der Waals surface area contributed by atoms with Gasteiger partial charge in [0.15, 0.2) is 0 Å². The molecule has 2 N–H and O–H groups in total. The number of hydrogen-bond acceptors (Lipinski definition) is 5. The molecule has 0 radical (unpaired) electrons. The zero-order valence-corrected chi connectivity index (χ0v) is 15.5. The van der Waals surface area contributed by atoms with Gasteiger partial charge in [-0.05, 0) is 24.3 Å². The monoisotopic (exact) mass is 372 g/mol. The van der Waals surface area contributed by atoms with Crippen LogP contribution < -0.4 is 15.0 Å². The second kappa shape index (κ2) is 9.14. The molecule has 0 aromatic heterocycles. The van der Waals surface area contributed by atoms with E-state index in [2.05, 4.69) is 5.32 Å². The van der Waals surface area contributed by atoms with E-state index in [4.69, 9.17) is 9.47 Å². The molecule has 1 amide bonds. The third-order valence-electron chi connectivity index (χ3n) is 4.13. The fraction of sp³-hybridized carbons (Fsp3) is 0.562. The number of rotatable bonds is 8. The zero-order valence-electron chi connectivity index (χ0n) is 14.7. The van der Waals surface area contributed by atoms with Gasteiger partial charge in [0.2, 0.25) is 15.9 Å². The minimum absolute atomic E-state index is 0.126. The Bertz CT molecular complexity index is 657. The maximum atomic E-state index is 12.5. The van der Waals surface area contributed by atoms with Crippen LogP contribution in [0.15, 0.2) is 29.2 Å². The molecule has 0 saturated carbocycles. The Morgan fingerprint density at radius 3 is 2.52 bits per heavy atom. The second-order valence-electron chi connectivity index (χ2n) is 5.90. The standard InChI is InChI=1S/C16H25N3O5S/c1-18(25(21,22)15-5-3-14(23-2)4-6-15)13-16(20)17-7-8-19-9-11-24-12-10-19/h3-6H,7-13H2,1-2H3,(H,17,20)/p+1. The zero-order chi connectivity index (χ0) is 18.3. The van der Waals surface area contributed by atoms with Gasteiger partial charge in [0.25, 0.3) is 0 Å². The van der Waals surface area contributed by atoms with Gasteiger partial charge >= 0.3 is 0 Å². The Balaban J connectivity index is 1.82. The first-order chi connectivity index (χ1) is 11.9. The number of sulfonamides is 1. The van der Waals surface area contributed by atoms with Crippen LogP contribution in [-0.4, -0.2) is 78.7 Å². The molecule has 1 fully saturated rings. The summed E-state index contributed by atoms with van der Waals surface area (Å²) in [5, 5.41) is 2.78. The lowest BCUT2D eigenvalue weighted by atomic mass is 10.3. The Hall–Kier alpha value is -1.68. The van der Waals surface area contributed by atoms with Crippen molar-refractivity contribution in [2.75, 3.05) is 60.1 Å². The van der Waals surface area contributed by atoms with E-state index in [0.29, 0.717) is 12.3 Å². The molecular weight excluding hydrogens is 346 g/mol. The number of quaternary nitrogens is 1. The van der Waals surface area contributed by atoms with Gasteiger partial charge in [0.05, 0.1) is 44.9 Å². The smallest absolute Gasteiger partial charge is 0.243 e. The molecule has 140 valence electrons. The van der Waals surface area contributed by atoms with Gasteiger partial charge < -0.3 is 19.7 Å². The maximum Gasteiger partial charge on any atom is 0.243 e. The van der Waals surface area contributed by atoms with Crippen molar-refractivity contribution in [3.05, 3.63) is 24.3 Å². The summed E-state index contributed by atoms with van der Waals surface area (Å²) in [4.78, 5) is 13.5. The lowest BCUT2D eigenvalue weighted by molar-refractivity contribution is -0.906. The first-order valence-electron chi connectivity index (χ1n) is 8.22. The average molecular weight is 372 g/mol. The molecule has 1 heterocycles. The van der Waals surface area contributed by atoms with E-state index in [0.717, 1.165) is 37.2 Å². The van der Waals surface area contributed by atoms with E-state index < -0.39 is 10.0 Å². The summed E-state index contributed by atoms with van der Waals surface area (Å²) in [6, 6.07) is 6.08. The van der Waals surface area contributed by atoms with Crippen molar-refractivity contribution in [2.45, 2.75) is 4.90 Å². The van der Waals surface area contributed by atoms with Crippen molar-refractivity contribution in [3.63, 3.8) is 0 Å². The number of nitrogens with zero attached hydrogens (tertiary/aromatic N) is 1. The number of carbonyl (C=O) groups is 1. The van der Waals surface area contributed by atoms with E-state index in [-0.39, 0.29) is 17.3 Å². The summed E-state index contributed by atoms with van der Waals surface area (Å²) in [6.07, 6.45) is 0. The molecule has 0 aliphatic carbocycles. The van der Waals surface area contributed by atoms with Crippen molar-refractivity contribution >= 4 is 15.9 Å². The fourth-order valence-corrected chi connectivity index (χ4v) is 3.69. The Labute approximate surface area is 148 Å². The molecule has 1 saturated heterocycles. The highest BCUT2D eigenvalue weighted by atomic mass is 32.2. The first kappa shape index (κ1) is 19.6. The summed E-state index contributed by atoms with van der Waals surface area (Å²) in [6.45, 7) is 4.46. The second-order valence-corrected chi connectivity index (χ2v) is 7.94. The highest BCUT2D eigenvalue weighted by Gasteiger charge is 2.23. The highest BCUT2D eigenvalue weighted by Crippen LogP contribution is 2.18. The Kier molecular flexibility index (Phi) is 7.18. The van der Waals surface area contributed by atoms with Gasteiger partial charge in [-0.3, -0.25) is 4.79 Å². The SMILES string of the molecule is COc1ccc(S(=O)(=O)N(C)CC(=O)NCC[NH+]2CCOCC2)cc1. The van der Waals surface area contributed by atoms with Crippen LogP contribution in [0.5, 0.6) is 5.75 Å². The van der Waals surface area contributed by atoms with Crippen LogP contribution in [0.3, 0.4) is 0 Å². The number of amides is 1. The molecule has 0 atom stereocenters. The Morgan fingerprint density at radius 1 is 1.28 bits per heavy atom. The number of benzene rings is 1. The van der Waals surface area contributed by atoms with Gasteiger partial charge in [0.1, 0.15) is 18.8 Å². The molecule has 1 aliphatic rings. The van der Waals surface area contributed by atoms with Crippen molar-refractivity contribution < 1.29 is 27.6 Å². The predicted molar refractivity (Wildman–Crippen MR) is 92.2 cm³/mol. The summed E-state index contributed by atoms with van der Waals surface area (Å²) in [5.41, 5.74) is 0. The van der Waals surface area contributed by atoms with E-state index >= 15 is 0 Å². The highest BCUT2D eigenvalue weighted by molar-refractivity contribution is 7.89. The summed E-state index contributed by atoms with van der Waals surface area (Å²) in [5.74, 6) is 0.261. The minimum Gasteiger partial charge on any atom is -0.497 e. The van der Waals surface area contributed by atoms with Crippen LogP contribution in [0.4, 0.5) is 0 Å². The third kappa shape index (κ3) is 5.67. The molecule has 2 rings (SSSR count). The molecule has 0 bridgehead atoms. The lowest BCUT2D eigenvalue weighted by Gasteiger charge is -2.24. The average Bonchev–Trinajstić information content (AvgIpc) is 2.62. The molecule has 0 spiro atoms. The van der Waals surface area contributed by atoms with Crippen LogP contribution in [0, 0.1) is 0 Å². The molecule has 1 aromatic rings. The normalized spacial score (nSPS) is 16.0. The fourth-order valence-electron chi connectivity index (χ4n) is 2.56. The van der Waals surface area contributed by atoms with Gasteiger partial charge in [0, 0.05) is 7.05 Å². The summed E-state index contributed by atoms with van der Waals surface area (Å²) in [7, 11) is -0.802. The maximum absolute atomic E-state index is 12.5. The van der Waals surface area contributed by atoms with Gasteiger partial charge in [-0.2, -0.15) is 4.31 Å². The molecule has 8 nitrogen and oxygen atoms in total. The predicted octanol–water partition coefficient (Wildman–Crippen LogP) is -1.65. The van der Waals surface area contributed by atoms with E-state index in [1.165, 1.54) is 31.2 Å². The summed E-state index contributed by atoms with van der Waals surface area (Å²) >= 11 is 0. The van der Waals surface area contributed by atoms with Crippen LogP contribution in [-0.2, 0) is 19.6 Å². The van der Waals surface area contributed by atoms with Gasteiger partial charge in [-0.25, -0.2) is 8.42 Å². The van der Waals surface area contributed by atoms with Crippen molar-refractivity contribution in [3.8, 4) is 5.75 Å². The number of likely N-dealkylation sites (N-methyl/N-ethyl adjacent to an activating group) is 1. The van der Waals surface area contributed by atoms with E-state index in [1.807, 2.05) is 0 Å². The molecule has 25 heavy (non-hydrogen) atoms. The molecule has 1 aromatic carbocycles. The number of nitrogens with one attached hydrogen (secondary N) is 2. The first-order valence-corrected chi connectivity index (χ1v) is 9.66. The minimum atomic E-state index is -3.71. The number of methoxy groups -OCH3 is 1. The van der Waals surface area contributed by atoms with Gasteiger partial charge in [-0.15, -0.1) is 0 Å². The number of ether oxygens (including phenoxy) is 2. The topological polar surface area (TPSA) is 89.4 Å². The van der Waals surface area contributed by atoms with Crippen molar-refractivity contribution in [2.24, 2.45) is 0 Å². The largest absolute Gasteiger partial charge is 0.497 e. The lowest BCUT2D eigenvalue weighted by Crippen LogP contribution is -3.14. The molecular formula is C16H26N3O5S+. The van der Waals surface area contributed by atoms with Crippen LogP contribution >= 0.6 is 0 Å². The van der Waals surface area contributed by atoms with Crippen LogP contribution in [0.25, 0.3) is 0 Å². The molecule has 9 heteroatoms. The van der Waals surface area contributed by atoms with Crippen LogP contribution in [0.2, 0.25) is 0 Å².